The van der Waals surface area contributed by atoms with Gasteiger partial charge in [0.15, 0.2) is 29.1 Å². The Morgan fingerprint density at radius 3 is 2.62 bits per heavy atom. The molecular formula is C26H24F3N7O3. The maximum absolute atomic E-state index is 15.0. The van der Waals surface area contributed by atoms with Crippen LogP contribution in [0, 0.1) is 28.8 Å². The summed E-state index contributed by atoms with van der Waals surface area (Å²) in [5.41, 5.74) is 1.47. The highest BCUT2D eigenvalue weighted by atomic mass is 19.2. The number of nitriles is 1. The molecule has 4 rings (SSSR count). The molecule has 0 aliphatic rings. The van der Waals surface area contributed by atoms with E-state index in [9.17, 15) is 23.9 Å². The maximum Gasteiger partial charge on any atom is 0.404 e. The van der Waals surface area contributed by atoms with Gasteiger partial charge in [-0.1, -0.05) is 6.07 Å². The highest BCUT2D eigenvalue weighted by Crippen LogP contribution is 2.29. The van der Waals surface area contributed by atoms with E-state index in [4.69, 9.17) is 4.74 Å². The molecule has 0 spiro atoms. The lowest BCUT2D eigenvalue weighted by Crippen LogP contribution is -2.39. The summed E-state index contributed by atoms with van der Waals surface area (Å²) in [6.07, 6.45) is 0.309. The Bertz CT molecular complexity index is 1550. The molecule has 2 aromatic carbocycles. The van der Waals surface area contributed by atoms with Crippen molar-refractivity contribution >= 4 is 34.3 Å². The minimum absolute atomic E-state index is 0.0235. The van der Waals surface area contributed by atoms with Gasteiger partial charge in [-0.3, -0.25) is 4.68 Å². The van der Waals surface area contributed by atoms with Crippen LogP contribution >= 0.6 is 0 Å². The molecule has 0 aliphatic heterocycles. The van der Waals surface area contributed by atoms with E-state index in [0.717, 1.165) is 29.1 Å². The lowest BCUT2D eigenvalue weighted by molar-refractivity contribution is 0.185. The molecule has 0 fully saturated rings. The summed E-state index contributed by atoms with van der Waals surface area (Å²) >= 11 is 0. The average molecular weight is 540 g/mol. The molecule has 2 aromatic heterocycles. The molecule has 0 saturated heterocycles. The molecule has 0 radical (unpaired) electrons. The summed E-state index contributed by atoms with van der Waals surface area (Å²) in [7, 11) is 1.60. The van der Waals surface area contributed by atoms with Crippen LogP contribution in [0.5, 0.6) is 0 Å². The first-order chi connectivity index (χ1) is 18.7. The molecule has 39 heavy (non-hydrogen) atoms. The van der Waals surface area contributed by atoms with Crippen LogP contribution in [0.1, 0.15) is 24.1 Å². The molecule has 13 heteroatoms. The van der Waals surface area contributed by atoms with Crippen LogP contribution in [0.3, 0.4) is 0 Å². The van der Waals surface area contributed by atoms with Crippen molar-refractivity contribution in [3.05, 3.63) is 77.2 Å². The zero-order valence-electron chi connectivity index (χ0n) is 20.9. The number of pyridine rings is 1. The second-order valence-corrected chi connectivity index (χ2v) is 8.62. The summed E-state index contributed by atoms with van der Waals surface area (Å²) in [4.78, 5) is 15.5. The molecule has 0 aliphatic carbocycles. The van der Waals surface area contributed by atoms with E-state index in [1.807, 2.05) is 12.1 Å². The number of carboxylic acid groups (broad SMARTS) is 1. The number of anilines is 3. The molecule has 2 atom stereocenters. The second-order valence-electron chi connectivity index (χ2n) is 8.62. The molecule has 0 bridgehead atoms. The Balaban J connectivity index is 1.67. The highest BCUT2D eigenvalue weighted by Gasteiger charge is 2.25. The van der Waals surface area contributed by atoms with Crippen molar-refractivity contribution < 1.29 is 27.8 Å². The average Bonchev–Trinajstić information content (AvgIpc) is 3.30. The maximum atomic E-state index is 15.0. The molecule has 4 N–H and O–H groups in total. The van der Waals surface area contributed by atoms with Gasteiger partial charge in [0.2, 0.25) is 0 Å². The normalized spacial score (nSPS) is 12.5. The van der Waals surface area contributed by atoms with E-state index >= 15 is 4.39 Å². The van der Waals surface area contributed by atoms with Gasteiger partial charge in [-0.25, -0.2) is 22.9 Å². The number of hydrogen-bond acceptors (Lipinski definition) is 7. The first-order valence-electron chi connectivity index (χ1n) is 11.7. The second kappa shape index (κ2) is 11.7. The summed E-state index contributed by atoms with van der Waals surface area (Å²) in [6, 6.07) is 9.27. The number of halogens is 3. The van der Waals surface area contributed by atoms with E-state index in [1.54, 1.807) is 30.1 Å². The van der Waals surface area contributed by atoms with Gasteiger partial charge in [0.05, 0.1) is 42.5 Å². The Labute approximate surface area is 221 Å². The van der Waals surface area contributed by atoms with Crippen LogP contribution < -0.4 is 16.0 Å². The van der Waals surface area contributed by atoms with Crippen molar-refractivity contribution in [2.45, 2.75) is 25.6 Å². The summed E-state index contributed by atoms with van der Waals surface area (Å²) in [6.45, 7) is 2.52. The van der Waals surface area contributed by atoms with Gasteiger partial charge in [-0.15, -0.1) is 0 Å². The van der Waals surface area contributed by atoms with Gasteiger partial charge < -0.3 is 25.8 Å². The van der Waals surface area contributed by atoms with E-state index in [2.05, 4.69) is 26.0 Å². The van der Waals surface area contributed by atoms with E-state index in [1.165, 1.54) is 13.0 Å². The fourth-order valence-corrected chi connectivity index (χ4v) is 4.06. The molecular weight excluding hydrogens is 515 g/mol. The van der Waals surface area contributed by atoms with Crippen molar-refractivity contribution in [1.82, 2.24) is 20.1 Å². The monoisotopic (exact) mass is 539 g/mol. The van der Waals surface area contributed by atoms with Crippen molar-refractivity contribution in [3.8, 4) is 6.07 Å². The molecule has 1 amide bonds. The molecule has 10 nitrogen and oxygen atoms in total. The van der Waals surface area contributed by atoms with Gasteiger partial charge >= 0.3 is 6.09 Å². The number of hydrogen-bond donors (Lipinski definition) is 4. The number of nitrogens with zero attached hydrogens (tertiary/aromatic N) is 4. The fraction of sp³-hybridized carbons (Fsp3) is 0.231. The van der Waals surface area contributed by atoms with E-state index in [0.29, 0.717) is 18.8 Å². The molecule has 0 saturated carbocycles. The zero-order chi connectivity index (χ0) is 28.1. The highest BCUT2D eigenvalue weighted by molar-refractivity contribution is 5.83. The van der Waals surface area contributed by atoms with Crippen LogP contribution in [-0.2, 0) is 11.3 Å². The largest absolute Gasteiger partial charge is 0.465 e. The Morgan fingerprint density at radius 1 is 1.13 bits per heavy atom. The lowest BCUT2D eigenvalue weighted by Gasteiger charge is -2.26. The first kappa shape index (κ1) is 27.2. The fourth-order valence-electron chi connectivity index (χ4n) is 4.06. The van der Waals surface area contributed by atoms with Crippen LogP contribution in [0.15, 0.2) is 48.7 Å². The predicted molar refractivity (Wildman–Crippen MR) is 137 cm³/mol. The van der Waals surface area contributed by atoms with Gasteiger partial charge in [-0.2, -0.15) is 10.4 Å². The van der Waals surface area contributed by atoms with E-state index in [-0.39, 0.29) is 22.8 Å². The number of benzene rings is 2. The Kier molecular flexibility index (Phi) is 8.16. The van der Waals surface area contributed by atoms with Crippen molar-refractivity contribution in [2.75, 3.05) is 24.4 Å². The quantitative estimate of drug-likeness (QED) is 0.223. The third-order valence-corrected chi connectivity index (χ3v) is 5.95. The number of methoxy groups -OCH3 is 1. The smallest absolute Gasteiger partial charge is 0.404 e. The molecule has 0 unspecified atom stereocenters. The Hall–Kier alpha value is -4.83. The first-order valence-corrected chi connectivity index (χ1v) is 11.7. The summed E-state index contributed by atoms with van der Waals surface area (Å²) in [5.74, 6) is -3.46. The Morgan fingerprint density at radius 2 is 1.92 bits per heavy atom. The number of ether oxygens (including phenoxy) is 1. The summed E-state index contributed by atoms with van der Waals surface area (Å²) in [5, 5.41) is 31.9. The zero-order valence-corrected chi connectivity index (χ0v) is 20.9. The van der Waals surface area contributed by atoms with Gasteiger partial charge in [0.25, 0.3) is 0 Å². The number of nitrogens with one attached hydrogen (secondary N) is 3. The minimum atomic E-state index is -1.37. The number of aromatic nitrogens is 3. The third kappa shape index (κ3) is 6.19. The number of rotatable bonds is 10. The van der Waals surface area contributed by atoms with Gasteiger partial charge in [-0.05, 0) is 48.9 Å². The van der Waals surface area contributed by atoms with Crippen molar-refractivity contribution in [2.24, 2.45) is 0 Å². The standard InChI is InChI=1S/C26H24F3N7O3/c1-14(32-26(37)38)23(15-3-5-19(27)20(28)10-15)34-25-21(29)11-16(12-30)24(35-25)33-18-4-6-22-17(9-18)13-31-36(22)7-8-39-2/h3-6,9-11,13-14,23,32H,7-8H2,1-2H3,(H,37,38)(H2,33,34,35)/t14-,23+/m0/s1. The number of carbonyl (C=O) groups is 1. The topological polar surface area (TPSA) is 137 Å². The van der Waals surface area contributed by atoms with Gasteiger partial charge in [0.1, 0.15) is 6.07 Å². The van der Waals surface area contributed by atoms with E-state index < -0.39 is 35.6 Å². The van der Waals surface area contributed by atoms with Crippen molar-refractivity contribution in [3.63, 3.8) is 0 Å². The lowest BCUT2D eigenvalue weighted by atomic mass is 10.00. The third-order valence-electron chi connectivity index (χ3n) is 5.95. The van der Waals surface area contributed by atoms with Crippen LogP contribution in [-0.4, -0.2) is 45.7 Å². The van der Waals surface area contributed by atoms with Crippen LogP contribution in [0.4, 0.5) is 35.3 Å². The van der Waals surface area contributed by atoms with Crippen molar-refractivity contribution in [1.29, 1.82) is 5.26 Å². The van der Waals surface area contributed by atoms with Gasteiger partial charge in [0, 0.05) is 18.2 Å². The molecule has 202 valence electrons. The minimum Gasteiger partial charge on any atom is -0.465 e. The number of amides is 1. The molecule has 4 aromatic rings. The summed E-state index contributed by atoms with van der Waals surface area (Å²) < 4.78 is 49.4. The SMILES string of the molecule is COCCn1ncc2cc(Nc3nc(N[C@@H](c4ccc(F)c(F)c4)[C@H](C)NC(=O)O)c(F)cc3C#N)ccc21. The number of fused-ring (bicyclic) bond motifs is 1. The van der Waals surface area contributed by atoms with Crippen LogP contribution in [0.25, 0.3) is 10.9 Å². The predicted octanol–water partition coefficient (Wildman–Crippen LogP) is 4.92. The van der Waals surface area contributed by atoms with Crippen LogP contribution in [0.2, 0.25) is 0 Å². The molecule has 2 heterocycles.